The summed E-state index contributed by atoms with van der Waals surface area (Å²) in [6.07, 6.45) is 2.36. The number of benzene rings is 1. The number of hydrogen-bond acceptors (Lipinski definition) is 7. The lowest BCUT2D eigenvalue weighted by Crippen LogP contribution is -2.55. The molecule has 1 saturated heterocycles. The number of carbonyl (C=O) groups is 4. The summed E-state index contributed by atoms with van der Waals surface area (Å²) in [5, 5.41) is 10.8. The first kappa shape index (κ1) is 30.9. The summed E-state index contributed by atoms with van der Waals surface area (Å²) < 4.78 is 15.8. The van der Waals surface area contributed by atoms with Crippen molar-refractivity contribution in [1.29, 1.82) is 0 Å². The minimum atomic E-state index is -1.02. The number of rotatable bonds is 14. The SMILES string of the molecule is CCC(NC(=O)[C@H](CC(C)C)NC(=O)NCC1CCOCC1)C(=O)C(=O)NCc1cc(OC)cc(OC)c1. The van der Waals surface area contributed by atoms with Gasteiger partial charge in [-0.1, -0.05) is 20.8 Å². The molecule has 38 heavy (non-hydrogen) atoms. The molecule has 0 aliphatic carbocycles. The largest absolute Gasteiger partial charge is 0.497 e. The van der Waals surface area contributed by atoms with E-state index in [1.165, 1.54) is 14.2 Å². The van der Waals surface area contributed by atoms with Crippen LogP contribution < -0.4 is 30.7 Å². The molecule has 4 amide bonds. The van der Waals surface area contributed by atoms with Crippen molar-refractivity contribution in [2.45, 2.75) is 65.1 Å². The average molecular weight is 535 g/mol. The Balaban J connectivity index is 1.94. The number of ketones is 1. The lowest BCUT2D eigenvalue weighted by Gasteiger charge is -2.25. The Morgan fingerprint density at radius 1 is 0.947 bits per heavy atom. The summed E-state index contributed by atoms with van der Waals surface area (Å²) in [5.41, 5.74) is 0.687. The van der Waals surface area contributed by atoms with Gasteiger partial charge in [0, 0.05) is 32.4 Å². The molecule has 11 heteroatoms. The number of methoxy groups -OCH3 is 2. The van der Waals surface area contributed by atoms with E-state index in [1.807, 2.05) is 13.8 Å². The molecule has 0 spiro atoms. The van der Waals surface area contributed by atoms with Crippen molar-refractivity contribution in [2.75, 3.05) is 34.0 Å². The normalized spacial score (nSPS) is 15.2. The molecule has 2 rings (SSSR count). The monoisotopic (exact) mass is 534 g/mol. The van der Waals surface area contributed by atoms with Gasteiger partial charge in [-0.2, -0.15) is 0 Å². The molecule has 1 heterocycles. The van der Waals surface area contributed by atoms with Crippen LogP contribution in [0, 0.1) is 11.8 Å². The third-order valence-electron chi connectivity index (χ3n) is 6.35. The predicted molar refractivity (Wildman–Crippen MR) is 142 cm³/mol. The number of hydrogen-bond donors (Lipinski definition) is 4. The van der Waals surface area contributed by atoms with Crippen LogP contribution in [0.15, 0.2) is 18.2 Å². The van der Waals surface area contributed by atoms with E-state index in [0.717, 1.165) is 12.8 Å². The van der Waals surface area contributed by atoms with Gasteiger partial charge in [0.25, 0.3) is 5.91 Å². The van der Waals surface area contributed by atoms with Gasteiger partial charge in [-0.3, -0.25) is 14.4 Å². The van der Waals surface area contributed by atoms with Crippen LogP contribution in [-0.4, -0.2) is 69.7 Å². The number of ether oxygens (including phenoxy) is 3. The minimum Gasteiger partial charge on any atom is -0.497 e. The highest BCUT2D eigenvalue weighted by Crippen LogP contribution is 2.22. The number of urea groups is 1. The second kappa shape index (κ2) is 15.8. The molecule has 2 atom stereocenters. The van der Waals surface area contributed by atoms with Crippen LogP contribution in [0.2, 0.25) is 0 Å². The second-order valence-electron chi connectivity index (χ2n) is 9.83. The van der Waals surface area contributed by atoms with Crippen LogP contribution >= 0.6 is 0 Å². The standard InChI is InChI=1S/C27H42N4O7/c1-6-22(24(32)26(34)28-16-19-12-20(36-4)14-21(13-19)37-5)30-25(33)23(11-17(2)3)31-27(35)29-15-18-7-9-38-10-8-18/h12-14,17-18,22-23H,6-11,15-16H2,1-5H3,(H,28,34)(H,30,33)(H2,29,31,35)/t22?,23-/m0/s1. The van der Waals surface area contributed by atoms with E-state index in [4.69, 9.17) is 14.2 Å². The van der Waals surface area contributed by atoms with Gasteiger partial charge in [0.15, 0.2) is 0 Å². The molecular formula is C27H42N4O7. The third-order valence-corrected chi connectivity index (χ3v) is 6.35. The van der Waals surface area contributed by atoms with Gasteiger partial charge in [-0.25, -0.2) is 4.79 Å². The second-order valence-corrected chi connectivity index (χ2v) is 9.83. The summed E-state index contributed by atoms with van der Waals surface area (Å²) in [6, 6.07) is 2.83. The maximum Gasteiger partial charge on any atom is 0.315 e. The topological polar surface area (TPSA) is 144 Å². The summed E-state index contributed by atoms with van der Waals surface area (Å²) in [7, 11) is 3.04. The summed E-state index contributed by atoms with van der Waals surface area (Å²) in [6.45, 7) is 7.51. The van der Waals surface area contributed by atoms with Gasteiger partial charge in [-0.15, -0.1) is 0 Å². The zero-order valence-electron chi connectivity index (χ0n) is 23.1. The molecular weight excluding hydrogens is 492 g/mol. The summed E-state index contributed by atoms with van der Waals surface area (Å²) in [4.78, 5) is 51.0. The molecule has 0 bridgehead atoms. The highest BCUT2D eigenvalue weighted by Gasteiger charge is 2.29. The molecule has 0 saturated carbocycles. The van der Waals surface area contributed by atoms with Crippen molar-refractivity contribution in [2.24, 2.45) is 11.8 Å². The fraction of sp³-hybridized carbons (Fsp3) is 0.630. The first-order valence-corrected chi connectivity index (χ1v) is 13.1. The zero-order chi connectivity index (χ0) is 28.1. The lowest BCUT2D eigenvalue weighted by atomic mass is 10.0. The van der Waals surface area contributed by atoms with E-state index in [9.17, 15) is 19.2 Å². The summed E-state index contributed by atoms with van der Waals surface area (Å²) in [5.74, 6) is -0.529. The Morgan fingerprint density at radius 2 is 1.58 bits per heavy atom. The molecule has 1 aromatic rings. The Morgan fingerprint density at radius 3 is 2.13 bits per heavy atom. The van der Waals surface area contributed by atoms with Gasteiger partial charge in [0.05, 0.1) is 20.3 Å². The maximum atomic E-state index is 13.1. The van der Waals surface area contributed by atoms with Crippen LogP contribution in [0.3, 0.4) is 0 Å². The lowest BCUT2D eigenvalue weighted by molar-refractivity contribution is -0.140. The summed E-state index contributed by atoms with van der Waals surface area (Å²) >= 11 is 0. The Kier molecular flexibility index (Phi) is 12.8. The highest BCUT2D eigenvalue weighted by molar-refractivity contribution is 6.38. The quantitative estimate of drug-likeness (QED) is 0.267. The van der Waals surface area contributed by atoms with E-state index in [-0.39, 0.29) is 18.9 Å². The van der Waals surface area contributed by atoms with Gasteiger partial charge >= 0.3 is 6.03 Å². The molecule has 1 aliphatic heterocycles. The van der Waals surface area contributed by atoms with E-state index in [0.29, 0.717) is 49.2 Å². The van der Waals surface area contributed by atoms with Gasteiger partial charge in [-0.05, 0) is 55.2 Å². The minimum absolute atomic E-state index is 0.0767. The highest BCUT2D eigenvalue weighted by atomic mass is 16.5. The Bertz CT molecular complexity index is 925. The molecule has 1 aliphatic rings. The maximum absolute atomic E-state index is 13.1. The van der Waals surface area contributed by atoms with Gasteiger partial charge in [0.2, 0.25) is 11.7 Å². The van der Waals surface area contributed by atoms with Crippen LogP contribution in [-0.2, 0) is 25.7 Å². The average Bonchev–Trinajstić information content (AvgIpc) is 2.92. The molecule has 11 nitrogen and oxygen atoms in total. The van der Waals surface area contributed by atoms with Crippen molar-refractivity contribution in [3.8, 4) is 11.5 Å². The van der Waals surface area contributed by atoms with Crippen molar-refractivity contribution >= 4 is 23.6 Å². The first-order chi connectivity index (χ1) is 18.2. The number of nitrogens with one attached hydrogen (secondary N) is 4. The molecule has 1 aromatic carbocycles. The van der Waals surface area contributed by atoms with E-state index in [2.05, 4.69) is 21.3 Å². The third kappa shape index (κ3) is 10.2. The Labute approximate surface area is 224 Å². The fourth-order valence-corrected chi connectivity index (χ4v) is 4.12. The smallest absolute Gasteiger partial charge is 0.315 e. The van der Waals surface area contributed by atoms with Gasteiger partial charge in [0.1, 0.15) is 17.5 Å². The van der Waals surface area contributed by atoms with E-state index >= 15 is 0 Å². The van der Waals surface area contributed by atoms with Crippen molar-refractivity contribution in [1.82, 2.24) is 21.3 Å². The predicted octanol–water partition coefficient (Wildman–Crippen LogP) is 1.92. The van der Waals surface area contributed by atoms with Crippen molar-refractivity contribution in [3.05, 3.63) is 23.8 Å². The van der Waals surface area contributed by atoms with Crippen LogP contribution in [0.1, 0.15) is 52.0 Å². The van der Waals surface area contributed by atoms with E-state index in [1.54, 1.807) is 25.1 Å². The Hall–Kier alpha value is -3.34. The van der Waals surface area contributed by atoms with Crippen LogP contribution in [0.25, 0.3) is 0 Å². The van der Waals surface area contributed by atoms with Gasteiger partial charge < -0.3 is 35.5 Å². The van der Waals surface area contributed by atoms with E-state index < -0.39 is 35.7 Å². The molecule has 1 fully saturated rings. The molecule has 1 unspecified atom stereocenters. The van der Waals surface area contributed by atoms with Crippen molar-refractivity contribution < 1.29 is 33.4 Å². The molecule has 0 aromatic heterocycles. The molecule has 4 N–H and O–H groups in total. The van der Waals surface area contributed by atoms with Crippen LogP contribution in [0.5, 0.6) is 11.5 Å². The number of Topliss-reactive ketones (excluding diaryl/α,β-unsaturated/α-hetero) is 1. The number of amides is 4. The zero-order valence-corrected chi connectivity index (χ0v) is 23.1. The molecule has 0 radical (unpaired) electrons. The molecule has 212 valence electrons. The van der Waals surface area contributed by atoms with Crippen LogP contribution in [0.4, 0.5) is 4.79 Å². The first-order valence-electron chi connectivity index (χ1n) is 13.1. The van der Waals surface area contributed by atoms with Crippen molar-refractivity contribution in [3.63, 3.8) is 0 Å². The number of carbonyl (C=O) groups excluding carboxylic acids is 4. The fourth-order valence-electron chi connectivity index (χ4n) is 4.12.